The minimum absolute atomic E-state index is 0.0770. The molecule has 1 aliphatic carbocycles. The lowest BCUT2D eigenvalue weighted by atomic mass is 10.1. The molecule has 0 amide bonds. The molecule has 1 unspecified atom stereocenters. The summed E-state index contributed by atoms with van der Waals surface area (Å²) in [4.78, 5) is 29.3. The molecule has 7 nitrogen and oxygen atoms in total. The number of hydrogen-bond donors (Lipinski definition) is 2. The van der Waals surface area contributed by atoms with Crippen molar-refractivity contribution in [1.29, 1.82) is 0 Å². The van der Waals surface area contributed by atoms with Crippen molar-refractivity contribution in [2.45, 2.75) is 18.9 Å². The second-order valence-electron chi connectivity index (χ2n) is 5.92. The molecule has 0 aliphatic heterocycles. The van der Waals surface area contributed by atoms with E-state index in [1.807, 2.05) is 18.2 Å². The number of nitro benzene ring substituents is 1. The molecule has 0 spiro atoms. The van der Waals surface area contributed by atoms with Crippen molar-refractivity contribution in [2.24, 2.45) is 0 Å². The van der Waals surface area contributed by atoms with Gasteiger partial charge >= 0.3 is 0 Å². The Morgan fingerprint density at radius 1 is 1.36 bits per heavy atom. The molecule has 0 fully saturated rings. The first kappa shape index (κ1) is 15.6. The van der Waals surface area contributed by atoms with E-state index in [4.69, 9.17) is 11.6 Å². The Kier molecular flexibility index (Phi) is 3.65. The average molecular weight is 357 g/mol. The van der Waals surface area contributed by atoms with E-state index in [2.05, 4.69) is 15.3 Å². The lowest BCUT2D eigenvalue weighted by Gasteiger charge is -2.16. The molecule has 3 aromatic rings. The van der Waals surface area contributed by atoms with E-state index in [1.165, 1.54) is 12.4 Å². The highest BCUT2D eigenvalue weighted by Crippen LogP contribution is 2.39. The molecule has 1 heterocycles. The Labute approximate surface area is 146 Å². The van der Waals surface area contributed by atoms with E-state index >= 15 is 0 Å². The summed E-state index contributed by atoms with van der Waals surface area (Å²) in [6.07, 6.45) is 2.88. The van der Waals surface area contributed by atoms with E-state index in [1.54, 1.807) is 6.07 Å². The third-order valence-corrected chi connectivity index (χ3v) is 4.85. The highest BCUT2D eigenvalue weighted by atomic mass is 35.5. The van der Waals surface area contributed by atoms with Gasteiger partial charge in [0.05, 0.1) is 28.2 Å². The van der Waals surface area contributed by atoms with E-state index < -0.39 is 10.5 Å². The predicted octanol–water partition coefficient (Wildman–Crippen LogP) is 3.58. The van der Waals surface area contributed by atoms with Crippen LogP contribution in [0.4, 0.5) is 11.4 Å². The molecule has 0 radical (unpaired) electrons. The maximum Gasteiger partial charge on any atom is 0.293 e. The highest BCUT2D eigenvalue weighted by molar-refractivity contribution is 6.31. The Morgan fingerprint density at radius 2 is 2.20 bits per heavy atom. The molecule has 25 heavy (non-hydrogen) atoms. The Morgan fingerprint density at radius 3 is 3.00 bits per heavy atom. The van der Waals surface area contributed by atoms with Crippen LogP contribution in [0.15, 0.2) is 41.5 Å². The van der Waals surface area contributed by atoms with Gasteiger partial charge in [0.25, 0.3) is 11.2 Å². The van der Waals surface area contributed by atoms with Crippen molar-refractivity contribution in [3.63, 3.8) is 0 Å². The Balaban J connectivity index is 1.80. The molecular formula is C17H13ClN4O3. The topological polar surface area (TPSA) is 101 Å². The fraction of sp³-hybridized carbons (Fsp3) is 0.176. The number of benzene rings is 2. The summed E-state index contributed by atoms with van der Waals surface area (Å²) in [6, 6.07) is 8.42. The number of aromatic amines is 1. The van der Waals surface area contributed by atoms with Crippen LogP contribution in [-0.2, 0) is 6.42 Å². The molecule has 1 atom stereocenters. The van der Waals surface area contributed by atoms with Crippen molar-refractivity contribution in [2.75, 3.05) is 5.32 Å². The number of aromatic nitrogens is 2. The van der Waals surface area contributed by atoms with Crippen LogP contribution in [0.1, 0.15) is 23.6 Å². The number of hydrogen-bond acceptors (Lipinski definition) is 5. The van der Waals surface area contributed by atoms with Crippen molar-refractivity contribution >= 4 is 33.9 Å². The smallest absolute Gasteiger partial charge is 0.293 e. The summed E-state index contributed by atoms with van der Waals surface area (Å²) in [5.74, 6) is 0. The number of H-pyrrole nitrogens is 1. The van der Waals surface area contributed by atoms with Crippen molar-refractivity contribution in [1.82, 2.24) is 9.97 Å². The third kappa shape index (κ3) is 2.62. The van der Waals surface area contributed by atoms with Crippen molar-refractivity contribution in [3.05, 3.63) is 73.3 Å². The summed E-state index contributed by atoms with van der Waals surface area (Å²) >= 11 is 6.23. The maximum atomic E-state index is 11.9. The average Bonchev–Trinajstić information content (AvgIpc) is 2.99. The maximum absolute atomic E-state index is 11.9. The molecule has 126 valence electrons. The molecule has 8 heteroatoms. The minimum atomic E-state index is -0.498. The number of fused-ring (bicyclic) bond motifs is 2. The van der Waals surface area contributed by atoms with Crippen LogP contribution in [-0.4, -0.2) is 14.9 Å². The number of halogens is 1. The van der Waals surface area contributed by atoms with Gasteiger partial charge in [-0.1, -0.05) is 23.7 Å². The molecule has 0 saturated heterocycles. The summed E-state index contributed by atoms with van der Waals surface area (Å²) in [7, 11) is 0. The second-order valence-corrected chi connectivity index (χ2v) is 6.33. The monoisotopic (exact) mass is 356 g/mol. The summed E-state index contributed by atoms with van der Waals surface area (Å²) in [5, 5.41) is 15.6. The zero-order valence-corrected chi connectivity index (χ0v) is 13.7. The SMILES string of the molecule is O=c1[nH]cnc2cc(NC3CCc4c(Cl)cccc43)c([N+](=O)[O-])cc12. The van der Waals surface area contributed by atoms with Gasteiger partial charge in [-0.05, 0) is 36.1 Å². The number of nitrogens with one attached hydrogen (secondary N) is 2. The first-order chi connectivity index (χ1) is 12.0. The largest absolute Gasteiger partial charge is 0.373 e. The molecule has 1 aliphatic rings. The van der Waals surface area contributed by atoms with Crippen LogP contribution in [0.3, 0.4) is 0 Å². The van der Waals surface area contributed by atoms with Gasteiger partial charge in [0.15, 0.2) is 0 Å². The summed E-state index contributed by atoms with van der Waals surface area (Å²) in [5.41, 5.74) is 2.30. The van der Waals surface area contributed by atoms with Crippen LogP contribution < -0.4 is 10.9 Å². The lowest BCUT2D eigenvalue weighted by molar-refractivity contribution is -0.383. The fourth-order valence-corrected chi connectivity index (χ4v) is 3.59. The fourth-order valence-electron chi connectivity index (χ4n) is 3.32. The van der Waals surface area contributed by atoms with Crippen molar-refractivity contribution in [3.8, 4) is 0 Å². The highest BCUT2D eigenvalue weighted by Gasteiger charge is 2.27. The Hall–Kier alpha value is -2.93. The van der Waals surface area contributed by atoms with E-state index in [0.29, 0.717) is 16.2 Å². The predicted molar refractivity (Wildman–Crippen MR) is 95.2 cm³/mol. The quantitative estimate of drug-likeness (QED) is 0.551. The molecule has 0 saturated carbocycles. The van der Waals surface area contributed by atoms with E-state index in [-0.39, 0.29) is 17.1 Å². The number of anilines is 1. The third-order valence-electron chi connectivity index (χ3n) is 4.50. The minimum Gasteiger partial charge on any atom is -0.373 e. The van der Waals surface area contributed by atoms with Crippen LogP contribution in [0.25, 0.3) is 10.9 Å². The van der Waals surface area contributed by atoms with Gasteiger partial charge in [-0.25, -0.2) is 4.98 Å². The van der Waals surface area contributed by atoms with E-state index in [9.17, 15) is 14.9 Å². The first-order valence-electron chi connectivity index (χ1n) is 7.74. The standard InChI is InChI=1S/C17H13ClN4O3/c18-12-3-1-2-10-9(12)4-5-13(10)21-15-7-14-11(6-16(15)22(24)25)17(23)20-8-19-14/h1-3,6-8,13,21H,4-5H2,(H,19,20,23). The number of nitro groups is 1. The van der Waals surface area contributed by atoms with Gasteiger partial charge in [-0.2, -0.15) is 0 Å². The van der Waals surface area contributed by atoms with Crippen LogP contribution in [0, 0.1) is 10.1 Å². The van der Waals surface area contributed by atoms with Gasteiger partial charge in [0.2, 0.25) is 0 Å². The zero-order chi connectivity index (χ0) is 17.6. The van der Waals surface area contributed by atoms with Gasteiger partial charge < -0.3 is 10.3 Å². The van der Waals surface area contributed by atoms with Gasteiger partial charge in [-0.15, -0.1) is 0 Å². The van der Waals surface area contributed by atoms with Gasteiger partial charge in [-0.3, -0.25) is 14.9 Å². The Bertz CT molecular complexity index is 1060. The van der Waals surface area contributed by atoms with Crippen molar-refractivity contribution < 1.29 is 4.92 Å². The second kappa shape index (κ2) is 5.86. The molecule has 0 bridgehead atoms. The molecule has 4 rings (SSSR count). The summed E-state index contributed by atoms with van der Waals surface area (Å²) < 4.78 is 0. The van der Waals surface area contributed by atoms with Gasteiger partial charge in [0.1, 0.15) is 5.69 Å². The molecular weight excluding hydrogens is 344 g/mol. The van der Waals surface area contributed by atoms with Crippen LogP contribution in [0.2, 0.25) is 5.02 Å². The first-order valence-corrected chi connectivity index (χ1v) is 8.12. The van der Waals surface area contributed by atoms with Gasteiger partial charge in [0, 0.05) is 11.1 Å². The zero-order valence-electron chi connectivity index (χ0n) is 13.0. The van der Waals surface area contributed by atoms with E-state index in [0.717, 1.165) is 24.0 Å². The molecule has 2 aromatic carbocycles. The molecule has 2 N–H and O–H groups in total. The lowest BCUT2D eigenvalue weighted by Crippen LogP contribution is -2.11. The van der Waals surface area contributed by atoms with Crippen LogP contribution in [0.5, 0.6) is 0 Å². The van der Waals surface area contributed by atoms with Crippen LogP contribution >= 0.6 is 11.6 Å². The summed E-state index contributed by atoms with van der Waals surface area (Å²) in [6.45, 7) is 0. The number of rotatable bonds is 3. The molecule has 1 aromatic heterocycles. The normalized spacial score (nSPS) is 16.0. The number of nitrogens with zero attached hydrogens (tertiary/aromatic N) is 2.